The molecule has 0 saturated carbocycles. The van der Waals surface area contributed by atoms with Gasteiger partial charge in [-0.25, -0.2) is 0 Å². The molecular formula is C25H31N3O2. The average molecular weight is 406 g/mol. The summed E-state index contributed by atoms with van der Waals surface area (Å²) in [5.74, 6) is -0.206. The van der Waals surface area contributed by atoms with Gasteiger partial charge in [-0.2, -0.15) is 0 Å². The Morgan fingerprint density at radius 1 is 1.07 bits per heavy atom. The Kier molecular flexibility index (Phi) is 6.48. The molecule has 1 N–H and O–H groups in total. The van der Waals surface area contributed by atoms with Crippen molar-refractivity contribution in [2.24, 2.45) is 5.92 Å². The van der Waals surface area contributed by atoms with Crippen molar-refractivity contribution in [2.75, 3.05) is 26.2 Å². The molecular weight excluding hydrogens is 374 g/mol. The zero-order valence-electron chi connectivity index (χ0n) is 17.7. The van der Waals surface area contributed by atoms with Crippen LogP contribution in [0.4, 0.5) is 0 Å². The lowest BCUT2D eigenvalue weighted by Crippen LogP contribution is -2.39. The number of nitrogens with one attached hydrogen (secondary N) is 1. The maximum atomic E-state index is 12.9. The second-order valence-corrected chi connectivity index (χ2v) is 8.58. The second kappa shape index (κ2) is 9.43. The predicted octanol–water partition coefficient (Wildman–Crippen LogP) is 3.30. The van der Waals surface area contributed by atoms with Crippen molar-refractivity contribution in [1.82, 2.24) is 15.1 Å². The summed E-state index contributed by atoms with van der Waals surface area (Å²) in [5, 5.41) is 3.15. The van der Waals surface area contributed by atoms with E-state index in [-0.39, 0.29) is 23.8 Å². The van der Waals surface area contributed by atoms with Crippen LogP contribution in [0.1, 0.15) is 42.0 Å². The molecule has 4 rings (SSSR count). The number of aryl methyl sites for hydroxylation is 1. The third-order valence-electron chi connectivity index (χ3n) is 6.31. The summed E-state index contributed by atoms with van der Waals surface area (Å²) < 4.78 is 0. The molecule has 0 aromatic heterocycles. The largest absolute Gasteiger partial charge is 0.354 e. The van der Waals surface area contributed by atoms with Gasteiger partial charge < -0.3 is 10.2 Å². The summed E-state index contributed by atoms with van der Waals surface area (Å²) in [4.78, 5) is 29.6. The van der Waals surface area contributed by atoms with Crippen molar-refractivity contribution in [1.29, 1.82) is 0 Å². The summed E-state index contributed by atoms with van der Waals surface area (Å²) in [5.41, 5.74) is 3.55. The Morgan fingerprint density at radius 3 is 2.47 bits per heavy atom. The van der Waals surface area contributed by atoms with Crippen molar-refractivity contribution in [3.63, 3.8) is 0 Å². The zero-order chi connectivity index (χ0) is 20.9. The van der Waals surface area contributed by atoms with Crippen LogP contribution in [0, 0.1) is 12.8 Å². The van der Waals surface area contributed by atoms with Gasteiger partial charge in [0.15, 0.2) is 0 Å². The molecule has 0 aliphatic carbocycles. The Labute approximate surface area is 179 Å². The van der Waals surface area contributed by atoms with Gasteiger partial charge in [-0.05, 0) is 44.0 Å². The number of benzene rings is 2. The summed E-state index contributed by atoms with van der Waals surface area (Å²) >= 11 is 0. The van der Waals surface area contributed by atoms with Crippen molar-refractivity contribution in [3.8, 4) is 0 Å². The molecule has 0 radical (unpaired) electrons. The molecule has 30 heavy (non-hydrogen) atoms. The van der Waals surface area contributed by atoms with E-state index < -0.39 is 0 Å². The predicted molar refractivity (Wildman–Crippen MR) is 118 cm³/mol. The number of hydrogen-bond acceptors (Lipinski definition) is 3. The van der Waals surface area contributed by atoms with Crippen molar-refractivity contribution in [3.05, 3.63) is 71.3 Å². The first-order valence-electron chi connectivity index (χ1n) is 11.0. The number of rotatable bonds is 7. The molecule has 2 aromatic carbocycles. The van der Waals surface area contributed by atoms with Crippen LogP contribution in [0.25, 0.3) is 0 Å². The molecule has 2 amide bonds. The summed E-state index contributed by atoms with van der Waals surface area (Å²) in [7, 11) is 0. The second-order valence-electron chi connectivity index (χ2n) is 8.58. The first-order chi connectivity index (χ1) is 14.6. The Hall–Kier alpha value is -2.66. The monoisotopic (exact) mass is 405 g/mol. The van der Waals surface area contributed by atoms with Gasteiger partial charge in [0.1, 0.15) is 0 Å². The van der Waals surface area contributed by atoms with E-state index in [9.17, 15) is 9.59 Å². The van der Waals surface area contributed by atoms with Gasteiger partial charge in [0.05, 0.1) is 12.0 Å². The van der Waals surface area contributed by atoms with Crippen LogP contribution >= 0.6 is 0 Å². The number of carbonyl (C=O) groups excluding carboxylic acids is 2. The third-order valence-corrected chi connectivity index (χ3v) is 6.31. The van der Waals surface area contributed by atoms with E-state index in [0.717, 1.165) is 18.7 Å². The highest BCUT2D eigenvalue weighted by atomic mass is 16.2. The summed E-state index contributed by atoms with van der Waals surface area (Å²) in [6.07, 6.45) is 2.72. The SMILES string of the molecule is Cc1ccc(CN2CC(C(=O)NCC(c3ccccc3)N3CCCC3)CC2=O)cc1. The molecule has 2 aromatic rings. The van der Waals surface area contributed by atoms with E-state index in [1.54, 1.807) is 0 Å². The van der Waals surface area contributed by atoms with E-state index in [1.807, 2.05) is 11.0 Å². The highest BCUT2D eigenvalue weighted by Gasteiger charge is 2.34. The van der Waals surface area contributed by atoms with Gasteiger partial charge in [0, 0.05) is 26.1 Å². The smallest absolute Gasteiger partial charge is 0.225 e. The number of nitrogens with zero attached hydrogens (tertiary/aromatic N) is 2. The van der Waals surface area contributed by atoms with Crippen LogP contribution in [0.15, 0.2) is 54.6 Å². The Morgan fingerprint density at radius 2 is 1.77 bits per heavy atom. The molecule has 158 valence electrons. The average Bonchev–Trinajstić information content (AvgIpc) is 3.41. The van der Waals surface area contributed by atoms with Crippen molar-refractivity contribution < 1.29 is 9.59 Å². The molecule has 2 saturated heterocycles. The fourth-order valence-corrected chi connectivity index (χ4v) is 4.54. The lowest BCUT2D eigenvalue weighted by atomic mass is 10.0. The van der Waals surface area contributed by atoms with E-state index >= 15 is 0 Å². The molecule has 5 heteroatoms. The topological polar surface area (TPSA) is 52.7 Å². The maximum Gasteiger partial charge on any atom is 0.225 e. The fraction of sp³-hybridized carbons (Fsp3) is 0.440. The number of hydrogen-bond donors (Lipinski definition) is 1. The van der Waals surface area contributed by atoms with E-state index in [1.165, 1.54) is 24.0 Å². The van der Waals surface area contributed by atoms with E-state index in [0.29, 0.717) is 26.1 Å². The lowest BCUT2D eigenvalue weighted by Gasteiger charge is -2.28. The normalized spacial score (nSPS) is 20.5. The van der Waals surface area contributed by atoms with Gasteiger partial charge in [0.25, 0.3) is 0 Å². The number of carbonyl (C=O) groups is 2. The minimum atomic E-state index is -0.266. The van der Waals surface area contributed by atoms with Crippen LogP contribution in [-0.2, 0) is 16.1 Å². The minimum absolute atomic E-state index is 0.00474. The first kappa shape index (κ1) is 20.6. The van der Waals surface area contributed by atoms with Crippen LogP contribution in [0.5, 0.6) is 0 Å². The van der Waals surface area contributed by atoms with E-state index in [4.69, 9.17) is 0 Å². The fourth-order valence-electron chi connectivity index (χ4n) is 4.54. The van der Waals surface area contributed by atoms with Crippen molar-refractivity contribution in [2.45, 2.75) is 38.8 Å². The van der Waals surface area contributed by atoms with Crippen LogP contribution in [0.2, 0.25) is 0 Å². The third kappa shape index (κ3) is 4.90. The molecule has 2 aliphatic rings. The van der Waals surface area contributed by atoms with Crippen LogP contribution in [0.3, 0.4) is 0 Å². The maximum absolute atomic E-state index is 12.9. The molecule has 2 atom stereocenters. The molecule has 0 bridgehead atoms. The molecule has 2 fully saturated rings. The molecule has 2 heterocycles. The highest BCUT2D eigenvalue weighted by Crippen LogP contribution is 2.25. The summed E-state index contributed by atoms with van der Waals surface area (Å²) in [6.45, 7) is 5.85. The van der Waals surface area contributed by atoms with Crippen molar-refractivity contribution >= 4 is 11.8 Å². The zero-order valence-corrected chi connectivity index (χ0v) is 17.7. The van der Waals surface area contributed by atoms with Gasteiger partial charge in [-0.3, -0.25) is 14.5 Å². The highest BCUT2D eigenvalue weighted by molar-refractivity contribution is 5.89. The standard InChI is InChI=1S/C25H31N3O2/c1-19-9-11-20(12-10-19)17-28-18-22(15-24(28)29)25(30)26-16-23(27-13-5-6-14-27)21-7-3-2-4-8-21/h2-4,7-12,22-23H,5-6,13-18H2,1H3,(H,26,30). The van der Waals surface area contributed by atoms with Gasteiger partial charge >= 0.3 is 0 Å². The van der Waals surface area contributed by atoms with Crippen LogP contribution < -0.4 is 5.32 Å². The Balaban J connectivity index is 1.34. The quantitative estimate of drug-likeness (QED) is 0.769. The number of amides is 2. The molecule has 2 unspecified atom stereocenters. The van der Waals surface area contributed by atoms with Gasteiger partial charge in [-0.15, -0.1) is 0 Å². The van der Waals surface area contributed by atoms with E-state index in [2.05, 4.69) is 65.7 Å². The van der Waals surface area contributed by atoms with Gasteiger partial charge in [0.2, 0.25) is 11.8 Å². The van der Waals surface area contributed by atoms with Crippen LogP contribution in [-0.4, -0.2) is 47.8 Å². The molecule has 5 nitrogen and oxygen atoms in total. The van der Waals surface area contributed by atoms with Gasteiger partial charge in [-0.1, -0.05) is 60.2 Å². The minimum Gasteiger partial charge on any atom is -0.354 e. The first-order valence-corrected chi connectivity index (χ1v) is 11.0. The molecule has 2 aliphatic heterocycles. The number of likely N-dealkylation sites (tertiary alicyclic amines) is 2. The molecule has 0 spiro atoms. The Bertz CT molecular complexity index is 860. The lowest BCUT2D eigenvalue weighted by molar-refractivity contribution is -0.129. The summed E-state index contributed by atoms with van der Waals surface area (Å²) in [6, 6.07) is 18.8.